The number of nitrogens with one attached hydrogen (secondary N) is 2. The van der Waals surface area contributed by atoms with Gasteiger partial charge in [-0.25, -0.2) is 9.86 Å². The third-order valence-corrected chi connectivity index (χ3v) is 3.52. The fourth-order valence-corrected chi connectivity index (χ4v) is 2.31. The number of hydrogen-bond donors (Lipinski definition) is 3. The van der Waals surface area contributed by atoms with Gasteiger partial charge in [0.1, 0.15) is 0 Å². The Morgan fingerprint density at radius 2 is 1.78 bits per heavy atom. The second-order valence-electron chi connectivity index (χ2n) is 6.46. The maximum atomic E-state index is 12.8. The van der Waals surface area contributed by atoms with Gasteiger partial charge in [-0.2, -0.15) is 0 Å². The van der Waals surface area contributed by atoms with Gasteiger partial charge in [-0.15, -0.1) is 0 Å². The lowest BCUT2D eigenvalue weighted by molar-refractivity contribution is -0.154. The standard InChI is InChI=1S/C16H31N3O4/c1-6-7-8-13(9-19(23)10-20)15(21)14(11(2)3)18-16(22)17-12(4)5/h10-14,23H,6-9H2,1-5H3,(H2,17,18,22)/t13-,14+/m1/s1. The molecule has 2 atom stereocenters. The molecule has 7 nitrogen and oxygen atoms in total. The minimum Gasteiger partial charge on any atom is -0.336 e. The highest BCUT2D eigenvalue weighted by atomic mass is 16.5. The zero-order valence-corrected chi connectivity index (χ0v) is 14.8. The van der Waals surface area contributed by atoms with Gasteiger partial charge >= 0.3 is 6.03 Å². The number of carbonyl (C=O) groups is 3. The van der Waals surface area contributed by atoms with Gasteiger partial charge < -0.3 is 10.6 Å². The van der Waals surface area contributed by atoms with Crippen LogP contribution in [0.25, 0.3) is 0 Å². The molecule has 0 fully saturated rings. The fourth-order valence-electron chi connectivity index (χ4n) is 2.31. The van der Waals surface area contributed by atoms with Crippen molar-refractivity contribution in [2.24, 2.45) is 11.8 Å². The summed E-state index contributed by atoms with van der Waals surface area (Å²) in [5, 5.41) is 15.3. The Hall–Kier alpha value is -1.63. The molecule has 0 spiro atoms. The molecule has 23 heavy (non-hydrogen) atoms. The SMILES string of the molecule is CCCC[C@H](CN(O)C=O)C(=O)[C@@H](NC(=O)NC(C)C)C(C)C. The molecule has 0 aliphatic rings. The summed E-state index contributed by atoms with van der Waals surface area (Å²) in [5.41, 5.74) is 0. The van der Waals surface area contributed by atoms with E-state index in [9.17, 15) is 19.6 Å². The zero-order valence-electron chi connectivity index (χ0n) is 14.8. The van der Waals surface area contributed by atoms with Crippen molar-refractivity contribution in [3.8, 4) is 0 Å². The van der Waals surface area contributed by atoms with Gasteiger partial charge in [0, 0.05) is 12.0 Å². The van der Waals surface area contributed by atoms with Gasteiger partial charge in [0.05, 0.1) is 12.6 Å². The van der Waals surface area contributed by atoms with Crippen LogP contribution < -0.4 is 10.6 Å². The summed E-state index contributed by atoms with van der Waals surface area (Å²) in [4.78, 5) is 35.3. The Labute approximate surface area is 138 Å². The first-order valence-corrected chi connectivity index (χ1v) is 8.24. The third kappa shape index (κ3) is 8.54. The lowest BCUT2D eigenvalue weighted by Gasteiger charge is -2.27. The largest absolute Gasteiger partial charge is 0.336 e. The van der Waals surface area contributed by atoms with E-state index in [2.05, 4.69) is 10.6 Å². The van der Waals surface area contributed by atoms with Crippen molar-refractivity contribution in [2.75, 3.05) is 6.54 Å². The summed E-state index contributed by atoms with van der Waals surface area (Å²) >= 11 is 0. The molecule has 134 valence electrons. The number of rotatable bonds is 11. The van der Waals surface area contributed by atoms with E-state index in [1.165, 1.54) is 0 Å². The van der Waals surface area contributed by atoms with Crippen LogP contribution in [0.4, 0.5) is 4.79 Å². The van der Waals surface area contributed by atoms with Crippen molar-refractivity contribution in [3.63, 3.8) is 0 Å². The molecule has 0 aromatic rings. The summed E-state index contributed by atoms with van der Waals surface area (Å²) in [6.07, 6.45) is 2.57. The average Bonchev–Trinajstić information content (AvgIpc) is 2.46. The van der Waals surface area contributed by atoms with E-state index < -0.39 is 18.0 Å². The van der Waals surface area contributed by atoms with Crippen LogP contribution in [0.5, 0.6) is 0 Å². The van der Waals surface area contributed by atoms with E-state index in [1.54, 1.807) is 0 Å². The van der Waals surface area contributed by atoms with Crippen molar-refractivity contribution < 1.29 is 19.6 Å². The van der Waals surface area contributed by atoms with Crippen molar-refractivity contribution >= 4 is 18.2 Å². The second kappa shape index (κ2) is 11.0. The Morgan fingerprint density at radius 1 is 1.17 bits per heavy atom. The van der Waals surface area contributed by atoms with E-state index in [0.29, 0.717) is 11.5 Å². The van der Waals surface area contributed by atoms with Gasteiger partial charge in [0.15, 0.2) is 5.78 Å². The van der Waals surface area contributed by atoms with Crippen LogP contribution in [0, 0.1) is 11.8 Å². The highest BCUT2D eigenvalue weighted by Gasteiger charge is 2.31. The summed E-state index contributed by atoms with van der Waals surface area (Å²) in [6, 6.07) is -1.08. The topological polar surface area (TPSA) is 98.7 Å². The number of hydroxylamine groups is 2. The summed E-state index contributed by atoms with van der Waals surface area (Å²) in [5.74, 6) is -0.752. The monoisotopic (exact) mass is 329 g/mol. The Balaban J connectivity index is 5.03. The Kier molecular flexibility index (Phi) is 10.2. The number of hydrogen-bond acceptors (Lipinski definition) is 4. The van der Waals surface area contributed by atoms with Gasteiger partial charge in [-0.3, -0.25) is 14.8 Å². The Morgan fingerprint density at radius 3 is 2.22 bits per heavy atom. The van der Waals surface area contributed by atoms with Crippen molar-refractivity contribution in [1.82, 2.24) is 15.7 Å². The summed E-state index contributed by atoms with van der Waals surface area (Å²) < 4.78 is 0. The van der Waals surface area contributed by atoms with Crippen molar-refractivity contribution in [1.29, 1.82) is 0 Å². The number of ketones is 1. The van der Waals surface area contributed by atoms with Gasteiger partial charge in [-0.1, -0.05) is 33.6 Å². The van der Waals surface area contributed by atoms with Crippen LogP contribution in [0.3, 0.4) is 0 Å². The van der Waals surface area contributed by atoms with Crippen LogP contribution >= 0.6 is 0 Å². The third-order valence-electron chi connectivity index (χ3n) is 3.52. The van der Waals surface area contributed by atoms with Gasteiger partial charge in [0.2, 0.25) is 6.41 Å². The molecule has 0 saturated carbocycles. The fraction of sp³-hybridized carbons (Fsp3) is 0.812. The second-order valence-corrected chi connectivity index (χ2v) is 6.46. The molecule has 0 aromatic heterocycles. The highest BCUT2D eigenvalue weighted by molar-refractivity contribution is 5.90. The Bertz CT molecular complexity index is 386. The van der Waals surface area contributed by atoms with Crippen molar-refractivity contribution in [3.05, 3.63) is 0 Å². The molecule has 0 saturated heterocycles. The molecule has 0 aliphatic carbocycles. The quantitative estimate of drug-likeness (QED) is 0.306. The van der Waals surface area contributed by atoms with Crippen LogP contribution in [0.1, 0.15) is 53.9 Å². The molecular formula is C16H31N3O4. The van der Waals surface area contributed by atoms with E-state index in [4.69, 9.17) is 0 Å². The number of urea groups is 1. The van der Waals surface area contributed by atoms with Gasteiger partial charge in [-0.05, 0) is 26.2 Å². The van der Waals surface area contributed by atoms with Crippen LogP contribution in [-0.4, -0.2) is 47.1 Å². The predicted octanol–water partition coefficient (Wildman–Crippen LogP) is 1.94. The molecule has 0 radical (unpaired) electrons. The predicted molar refractivity (Wildman–Crippen MR) is 88.0 cm³/mol. The molecule has 0 aromatic carbocycles. The molecule has 3 N–H and O–H groups in total. The number of Topliss-reactive ketones (excluding diaryl/α,β-unsaturated/α-hetero) is 1. The van der Waals surface area contributed by atoms with Crippen LogP contribution in [0.2, 0.25) is 0 Å². The lowest BCUT2D eigenvalue weighted by Crippen LogP contribution is -2.52. The number of amides is 3. The smallest absolute Gasteiger partial charge is 0.315 e. The zero-order chi connectivity index (χ0) is 18.0. The van der Waals surface area contributed by atoms with Crippen LogP contribution in [-0.2, 0) is 9.59 Å². The maximum Gasteiger partial charge on any atom is 0.315 e. The van der Waals surface area contributed by atoms with Crippen molar-refractivity contribution in [2.45, 2.75) is 66.0 Å². The van der Waals surface area contributed by atoms with E-state index in [-0.39, 0.29) is 30.7 Å². The molecule has 7 heteroatoms. The van der Waals surface area contributed by atoms with Crippen LogP contribution in [0.15, 0.2) is 0 Å². The molecule has 0 unspecified atom stereocenters. The molecular weight excluding hydrogens is 298 g/mol. The van der Waals surface area contributed by atoms with E-state index >= 15 is 0 Å². The number of nitrogens with zero attached hydrogens (tertiary/aromatic N) is 1. The van der Waals surface area contributed by atoms with Gasteiger partial charge in [0.25, 0.3) is 0 Å². The average molecular weight is 329 g/mol. The highest BCUT2D eigenvalue weighted by Crippen LogP contribution is 2.16. The minimum atomic E-state index is -0.657. The summed E-state index contributed by atoms with van der Waals surface area (Å²) in [7, 11) is 0. The molecule has 3 amide bonds. The normalized spacial score (nSPS) is 13.6. The van der Waals surface area contributed by atoms with E-state index in [0.717, 1.165) is 12.8 Å². The molecule has 0 bridgehead atoms. The first-order valence-electron chi connectivity index (χ1n) is 8.24. The number of carbonyl (C=O) groups excluding carboxylic acids is 3. The lowest BCUT2D eigenvalue weighted by atomic mass is 9.87. The molecule has 0 rings (SSSR count). The number of unbranched alkanes of at least 4 members (excludes halogenated alkanes) is 1. The first-order chi connectivity index (χ1) is 10.7. The minimum absolute atomic E-state index is 0.0307. The molecule has 0 aliphatic heterocycles. The molecule has 0 heterocycles. The maximum absolute atomic E-state index is 12.8. The first kappa shape index (κ1) is 21.4. The summed E-state index contributed by atoms with van der Waals surface area (Å²) in [6.45, 7) is 9.33. The van der Waals surface area contributed by atoms with E-state index in [1.807, 2.05) is 34.6 Å².